The number of halogens is 1. The van der Waals surface area contributed by atoms with E-state index < -0.39 is 10.0 Å². The van der Waals surface area contributed by atoms with Crippen molar-refractivity contribution < 1.29 is 8.42 Å². The largest absolute Gasteiger partial charge is 0.214 e. The Morgan fingerprint density at radius 2 is 1.67 bits per heavy atom. The summed E-state index contributed by atoms with van der Waals surface area (Å²) in [6.45, 7) is 0.673. The molecule has 1 heterocycles. The van der Waals surface area contributed by atoms with Crippen LogP contribution >= 0.6 is 11.6 Å². The highest BCUT2D eigenvalue weighted by atomic mass is 35.5. The summed E-state index contributed by atoms with van der Waals surface area (Å²) in [5.41, 5.74) is 0. The second kappa shape index (κ2) is 6.58. The molecule has 2 fully saturated rings. The Kier molecular flexibility index (Phi) is 5.34. The van der Waals surface area contributed by atoms with Crippen LogP contribution in [0.1, 0.15) is 51.4 Å². The van der Waals surface area contributed by atoms with E-state index in [2.05, 4.69) is 0 Å². The van der Waals surface area contributed by atoms with Crippen LogP contribution in [0.5, 0.6) is 0 Å². The smallest absolute Gasteiger partial charge is 0.212 e. The molecule has 1 saturated heterocycles. The van der Waals surface area contributed by atoms with Crippen molar-refractivity contribution in [2.75, 3.05) is 18.2 Å². The molecule has 0 spiro atoms. The minimum absolute atomic E-state index is 0.0361. The fourth-order valence-corrected chi connectivity index (χ4v) is 5.81. The van der Waals surface area contributed by atoms with E-state index >= 15 is 0 Å². The first-order valence-electron chi connectivity index (χ1n) is 7.19. The van der Waals surface area contributed by atoms with E-state index in [4.69, 9.17) is 11.6 Å². The van der Waals surface area contributed by atoms with Gasteiger partial charge in [-0.05, 0) is 31.6 Å². The molecule has 0 N–H and O–H groups in total. The second-order valence-corrected chi connectivity index (χ2v) is 7.97. The van der Waals surface area contributed by atoms with E-state index in [9.17, 15) is 8.42 Å². The average Bonchev–Trinajstić information content (AvgIpc) is 2.39. The molecule has 1 saturated carbocycles. The molecule has 18 heavy (non-hydrogen) atoms. The van der Waals surface area contributed by atoms with Gasteiger partial charge in [-0.3, -0.25) is 0 Å². The number of alkyl halides is 1. The predicted octanol–water partition coefficient (Wildman–Crippen LogP) is 2.99. The minimum Gasteiger partial charge on any atom is -0.212 e. The van der Waals surface area contributed by atoms with E-state index in [0.29, 0.717) is 24.1 Å². The Hall–Kier alpha value is 0.200. The maximum atomic E-state index is 12.5. The summed E-state index contributed by atoms with van der Waals surface area (Å²) in [5.74, 6) is 1.16. The first-order valence-corrected chi connectivity index (χ1v) is 9.33. The molecular weight excluding hydrogens is 270 g/mol. The van der Waals surface area contributed by atoms with Gasteiger partial charge in [0.15, 0.2) is 0 Å². The number of piperidine rings is 1. The molecule has 5 heteroatoms. The maximum Gasteiger partial charge on any atom is 0.214 e. The normalized spacial score (nSPS) is 28.4. The van der Waals surface area contributed by atoms with Gasteiger partial charge in [0.05, 0.1) is 5.75 Å². The SMILES string of the molecule is O=S(=O)(CC1CCCCC1)N1CCCCC1CCl. The van der Waals surface area contributed by atoms with Crippen LogP contribution in [0, 0.1) is 5.92 Å². The number of hydrogen-bond acceptors (Lipinski definition) is 2. The van der Waals surface area contributed by atoms with Crippen molar-refractivity contribution in [2.45, 2.75) is 57.4 Å². The lowest BCUT2D eigenvalue weighted by Gasteiger charge is -2.35. The summed E-state index contributed by atoms with van der Waals surface area (Å²) in [5, 5.41) is 0. The van der Waals surface area contributed by atoms with E-state index in [-0.39, 0.29) is 6.04 Å². The van der Waals surface area contributed by atoms with Crippen molar-refractivity contribution in [2.24, 2.45) is 5.92 Å². The Morgan fingerprint density at radius 3 is 2.33 bits per heavy atom. The van der Waals surface area contributed by atoms with Gasteiger partial charge >= 0.3 is 0 Å². The maximum absolute atomic E-state index is 12.5. The quantitative estimate of drug-likeness (QED) is 0.747. The standard InChI is InChI=1S/C13H24ClNO2S/c14-10-13-8-4-5-9-15(13)18(16,17)11-12-6-2-1-3-7-12/h12-13H,1-11H2. The highest BCUT2D eigenvalue weighted by molar-refractivity contribution is 7.89. The van der Waals surface area contributed by atoms with Gasteiger partial charge in [-0.1, -0.05) is 25.7 Å². The zero-order valence-electron chi connectivity index (χ0n) is 11.0. The van der Waals surface area contributed by atoms with Gasteiger partial charge in [-0.2, -0.15) is 4.31 Å². The summed E-state index contributed by atoms with van der Waals surface area (Å²) < 4.78 is 26.7. The van der Waals surface area contributed by atoms with Crippen LogP contribution in [0.15, 0.2) is 0 Å². The number of sulfonamides is 1. The molecule has 1 aliphatic heterocycles. The van der Waals surface area contributed by atoms with Crippen LogP contribution in [-0.2, 0) is 10.0 Å². The minimum atomic E-state index is -3.10. The van der Waals surface area contributed by atoms with Crippen molar-refractivity contribution in [3.63, 3.8) is 0 Å². The van der Waals surface area contributed by atoms with Gasteiger partial charge in [-0.25, -0.2) is 8.42 Å². The third-order valence-electron chi connectivity index (χ3n) is 4.28. The number of nitrogens with zero attached hydrogens (tertiary/aromatic N) is 1. The van der Waals surface area contributed by atoms with E-state index in [1.807, 2.05) is 0 Å². The van der Waals surface area contributed by atoms with Crippen LogP contribution in [0.3, 0.4) is 0 Å². The van der Waals surface area contributed by atoms with Crippen molar-refractivity contribution >= 4 is 21.6 Å². The van der Waals surface area contributed by atoms with Crippen molar-refractivity contribution in [3.8, 4) is 0 Å². The molecule has 2 aliphatic rings. The molecule has 0 aromatic carbocycles. The first-order chi connectivity index (χ1) is 8.63. The van der Waals surface area contributed by atoms with E-state index in [0.717, 1.165) is 32.1 Å². The summed E-state index contributed by atoms with van der Waals surface area (Å²) >= 11 is 5.92. The molecule has 1 atom stereocenters. The zero-order valence-corrected chi connectivity index (χ0v) is 12.6. The van der Waals surface area contributed by atoms with Crippen molar-refractivity contribution in [1.82, 2.24) is 4.31 Å². The lowest BCUT2D eigenvalue weighted by molar-refractivity contribution is 0.267. The molecule has 0 bridgehead atoms. The molecule has 0 amide bonds. The van der Waals surface area contributed by atoms with Crippen LogP contribution in [0.25, 0.3) is 0 Å². The third-order valence-corrected chi connectivity index (χ3v) is 6.72. The number of hydrogen-bond donors (Lipinski definition) is 0. The van der Waals surface area contributed by atoms with Crippen LogP contribution < -0.4 is 0 Å². The lowest BCUT2D eigenvalue weighted by atomic mass is 9.91. The molecular formula is C13H24ClNO2S. The van der Waals surface area contributed by atoms with E-state index in [1.54, 1.807) is 4.31 Å². The fourth-order valence-electron chi connectivity index (χ4n) is 3.24. The average molecular weight is 294 g/mol. The molecule has 106 valence electrons. The monoisotopic (exact) mass is 293 g/mol. The summed E-state index contributed by atoms with van der Waals surface area (Å²) in [6.07, 6.45) is 8.83. The van der Waals surface area contributed by atoms with Crippen molar-refractivity contribution in [1.29, 1.82) is 0 Å². The molecule has 0 radical (unpaired) electrons. The van der Waals surface area contributed by atoms with Gasteiger partial charge < -0.3 is 0 Å². The molecule has 0 aromatic rings. The summed E-state index contributed by atoms with van der Waals surface area (Å²) in [7, 11) is -3.10. The molecule has 1 unspecified atom stereocenters. The molecule has 1 aliphatic carbocycles. The van der Waals surface area contributed by atoms with Gasteiger partial charge in [0.25, 0.3) is 0 Å². The zero-order chi connectivity index (χ0) is 13.0. The fraction of sp³-hybridized carbons (Fsp3) is 1.00. The Bertz CT molecular complexity index is 352. The van der Waals surface area contributed by atoms with E-state index in [1.165, 1.54) is 19.3 Å². The summed E-state index contributed by atoms with van der Waals surface area (Å²) in [4.78, 5) is 0. The van der Waals surface area contributed by atoms with Gasteiger partial charge in [0.2, 0.25) is 10.0 Å². The first kappa shape index (κ1) is 14.6. The molecule has 0 aromatic heterocycles. The molecule has 2 rings (SSSR count). The van der Waals surface area contributed by atoms with Crippen LogP contribution in [0.2, 0.25) is 0 Å². The van der Waals surface area contributed by atoms with Crippen LogP contribution in [-0.4, -0.2) is 36.9 Å². The van der Waals surface area contributed by atoms with Gasteiger partial charge in [0.1, 0.15) is 0 Å². The lowest BCUT2D eigenvalue weighted by Crippen LogP contribution is -2.46. The number of rotatable bonds is 4. The van der Waals surface area contributed by atoms with Gasteiger partial charge in [-0.15, -0.1) is 11.6 Å². The Labute approximate surface area is 116 Å². The van der Waals surface area contributed by atoms with Crippen molar-refractivity contribution in [3.05, 3.63) is 0 Å². The van der Waals surface area contributed by atoms with Gasteiger partial charge in [0, 0.05) is 18.5 Å². The second-order valence-electron chi connectivity index (χ2n) is 5.70. The molecule has 3 nitrogen and oxygen atoms in total. The topological polar surface area (TPSA) is 37.4 Å². The predicted molar refractivity (Wildman–Crippen MR) is 75.4 cm³/mol. The Balaban J connectivity index is 1.99. The highest BCUT2D eigenvalue weighted by Crippen LogP contribution is 2.28. The van der Waals surface area contributed by atoms with Crippen LogP contribution in [0.4, 0.5) is 0 Å². The highest BCUT2D eigenvalue weighted by Gasteiger charge is 2.33. The Morgan fingerprint density at radius 1 is 1.00 bits per heavy atom. The third kappa shape index (κ3) is 3.61. The summed E-state index contributed by atoms with van der Waals surface area (Å²) in [6, 6.07) is 0.0361.